The van der Waals surface area contributed by atoms with Crippen molar-refractivity contribution >= 4 is 0 Å². The van der Waals surface area contributed by atoms with E-state index in [-0.39, 0.29) is 6.10 Å². The molecule has 1 aliphatic carbocycles. The molecular weight excluding hydrogens is 222 g/mol. The number of fused-ring (bicyclic) bond motifs is 1. The third-order valence-electron chi connectivity index (χ3n) is 4.40. The molecule has 0 amide bonds. The normalized spacial score (nSPS) is 32.6. The van der Waals surface area contributed by atoms with E-state index in [1.54, 1.807) is 0 Å². The molecule has 1 N–H and O–H groups in total. The highest BCUT2D eigenvalue weighted by atomic mass is 16.5. The van der Waals surface area contributed by atoms with Crippen molar-refractivity contribution in [3.63, 3.8) is 0 Å². The standard InChI is InChI=1S/C16H23NO/c1-12-5-4-7-13(9-12)16-10-17-15-8-3-2-6-14(15)11-18-16/h4-5,7,9,14-17H,2-3,6,8,10-11H2,1H3. The number of benzene rings is 1. The van der Waals surface area contributed by atoms with Crippen molar-refractivity contribution in [1.82, 2.24) is 5.32 Å². The molecule has 3 unspecified atom stereocenters. The zero-order valence-corrected chi connectivity index (χ0v) is 11.2. The average molecular weight is 245 g/mol. The lowest BCUT2D eigenvalue weighted by Gasteiger charge is -2.29. The first kappa shape index (κ1) is 12.2. The summed E-state index contributed by atoms with van der Waals surface area (Å²) >= 11 is 0. The van der Waals surface area contributed by atoms with Gasteiger partial charge in [-0.15, -0.1) is 0 Å². The Hall–Kier alpha value is -0.860. The quantitative estimate of drug-likeness (QED) is 0.820. The maximum Gasteiger partial charge on any atom is 0.0949 e. The molecule has 18 heavy (non-hydrogen) atoms. The summed E-state index contributed by atoms with van der Waals surface area (Å²) in [6, 6.07) is 9.41. The molecular formula is C16H23NO. The molecule has 1 aliphatic heterocycles. The van der Waals surface area contributed by atoms with Crippen molar-refractivity contribution in [1.29, 1.82) is 0 Å². The van der Waals surface area contributed by atoms with Gasteiger partial charge >= 0.3 is 0 Å². The molecule has 3 rings (SSSR count). The molecule has 1 saturated carbocycles. The van der Waals surface area contributed by atoms with Crippen molar-refractivity contribution < 1.29 is 4.74 Å². The first-order valence-corrected chi connectivity index (χ1v) is 7.24. The fraction of sp³-hybridized carbons (Fsp3) is 0.625. The minimum Gasteiger partial charge on any atom is -0.372 e. The van der Waals surface area contributed by atoms with Crippen LogP contribution in [0.15, 0.2) is 24.3 Å². The van der Waals surface area contributed by atoms with Gasteiger partial charge in [-0.05, 0) is 31.2 Å². The zero-order valence-electron chi connectivity index (χ0n) is 11.2. The second-order valence-corrected chi connectivity index (χ2v) is 5.80. The smallest absolute Gasteiger partial charge is 0.0949 e. The molecule has 1 aromatic rings. The van der Waals surface area contributed by atoms with E-state index >= 15 is 0 Å². The summed E-state index contributed by atoms with van der Waals surface area (Å²) < 4.78 is 6.15. The van der Waals surface area contributed by atoms with Gasteiger partial charge in [0, 0.05) is 12.6 Å². The number of hydrogen-bond donors (Lipinski definition) is 1. The van der Waals surface area contributed by atoms with E-state index in [1.165, 1.54) is 36.8 Å². The van der Waals surface area contributed by atoms with Crippen LogP contribution in [0.2, 0.25) is 0 Å². The van der Waals surface area contributed by atoms with Gasteiger partial charge in [-0.3, -0.25) is 0 Å². The summed E-state index contributed by atoms with van der Waals surface area (Å²) in [5, 5.41) is 3.73. The molecule has 0 aromatic heterocycles. The summed E-state index contributed by atoms with van der Waals surface area (Å²) in [6.45, 7) is 4.04. The highest BCUT2D eigenvalue weighted by Gasteiger charge is 2.29. The van der Waals surface area contributed by atoms with E-state index in [0.717, 1.165) is 19.1 Å². The van der Waals surface area contributed by atoms with Gasteiger partial charge in [0.25, 0.3) is 0 Å². The molecule has 0 radical (unpaired) electrons. The van der Waals surface area contributed by atoms with Crippen LogP contribution < -0.4 is 5.32 Å². The molecule has 0 bridgehead atoms. The molecule has 2 nitrogen and oxygen atoms in total. The number of hydrogen-bond acceptors (Lipinski definition) is 2. The average Bonchev–Trinajstić information content (AvgIpc) is 2.61. The monoisotopic (exact) mass is 245 g/mol. The van der Waals surface area contributed by atoms with Gasteiger partial charge in [0.15, 0.2) is 0 Å². The van der Waals surface area contributed by atoms with Crippen molar-refractivity contribution in [2.24, 2.45) is 5.92 Å². The fourth-order valence-electron chi connectivity index (χ4n) is 3.32. The minimum atomic E-state index is 0.232. The second kappa shape index (κ2) is 5.41. The summed E-state index contributed by atoms with van der Waals surface area (Å²) in [7, 11) is 0. The molecule has 2 fully saturated rings. The van der Waals surface area contributed by atoms with Crippen LogP contribution in [0.4, 0.5) is 0 Å². The first-order valence-electron chi connectivity index (χ1n) is 7.24. The largest absolute Gasteiger partial charge is 0.372 e. The Labute approximate surface area is 110 Å². The van der Waals surface area contributed by atoms with E-state index < -0.39 is 0 Å². The molecule has 98 valence electrons. The Kier molecular flexibility index (Phi) is 3.67. The number of nitrogens with one attached hydrogen (secondary N) is 1. The van der Waals surface area contributed by atoms with Crippen LogP contribution in [-0.2, 0) is 4.74 Å². The van der Waals surface area contributed by atoms with Crippen molar-refractivity contribution in [3.8, 4) is 0 Å². The number of aryl methyl sites for hydroxylation is 1. The van der Waals surface area contributed by atoms with E-state index in [4.69, 9.17) is 4.74 Å². The summed E-state index contributed by atoms with van der Waals surface area (Å²) in [6.07, 6.45) is 5.65. The SMILES string of the molecule is Cc1cccc(C2CNC3CCCCC3CO2)c1. The Morgan fingerprint density at radius 1 is 1.22 bits per heavy atom. The Morgan fingerprint density at radius 3 is 3.00 bits per heavy atom. The molecule has 3 atom stereocenters. The van der Waals surface area contributed by atoms with Gasteiger partial charge in [0.05, 0.1) is 12.7 Å². The van der Waals surface area contributed by atoms with Crippen molar-refractivity contribution in [3.05, 3.63) is 35.4 Å². The highest BCUT2D eigenvalue weighted by molar-refractivity contribution is 5.24. The van der Waals surface area contributed by atoms with E-state index in [0.29, 0.717) is 6.04 Å². The Balaban J connectivity index is 1.71. The maximum atomic E-state index is 6.15. The number of ether oxygens (including phenoxy) is 1. The van der Waals surface area contributed by atoms with Crippen LogP contribution in [0.1, 0.15) is 42.9 Å². The lowest BCUT2D eigenvalue weighted by molar-refractivity contribution is 0.0401. The Bertz CT molecular complexity index is 388. The van der Waals surface area contributed by atoms with Gasteiger partial charge in [-0.2, -0.15) is 0 Å². The zero-order chi connectivity index (χ0) is 12.4. The van der Waals surface area contributed by atoms with Crippen LogP contribution >= 0.6 is 0 Å². The molecule has 2 heteroatoms. The summed E-state index contributed by atoms with van der Waals surface area (Å²) in [5.41, 5.74) is 2.64. The second-order valence-electron chi connectivity index (χ2n) is 5.80. The number of rotatable bonds is 1. The van der Waals surface area contributed by atoms with Gasteiger partial charge in [-0.25, -0.2) is 0 Å². The topological polar surface area (TPSA) is 21.3 Å². The molecule has 2 aliphatic rings. The van der Waals surface area contributed by atoms with Gasteiger partial charge < -0.3 is 10.1 Å². The molecule has 1 saturated heterocycles. The van der Waals surface area contributed by atoms with Crippen LogP contribution in [-0.4, -0.2) is 19.2 Å². The lowest BCUT2D eigenvalue weighted by atomic mass is 9.85. The van der Waals surface area contributed by atoms with Crippen LogP contribution in [0, 0.1) is 12.8 Å². The third-order valence-corrected chi connectivity index (χ3v) is 4.40. The fourth-order valence-corrected chi connectivity index (χ4v) is 3.32. The van der Waals surface area contributed by atoms with Gasteiger partial charge in [0.2, 0.25) is 0 Å². The molecule has 1 heterocycles. The highest BCUT2D eigenvalue weighted by Crippen LogP contribution is 2.30. The molecule has 1 aromatic carbocycles. The van der Waals surface area contributed by atoms with Crippen LogP contribution in [0.5, 0.6) is 0 Å². The lowest BCUT2D eigenvalue weighted by Crippen LogP contribution is -2.38. The maximum absolute atomic E-state index is 6.15. The summed E-state index contributed by atoms with van der Waals surface area (Å²) in [4.78, 5) is 0. The van der Waals surface area contributed by atoms with Crippen molar-refractivity contribution in [2.75, 3.05) is 13.2 Å². The van der Waals surface area contributed by atoms with E-state index in [9.17, 15) is 0 Å². The third kappa shape index (κ3) is 2.60. The predicted molar refractivity (Wildman–Crippen MR) is 73.6 cm³/mol. The van der Waals surface area contributed by atoms with Crippen LogP contribution in [0.25, 0.3) is 0 Å². The van der Waals surface area contributed by atoms with E-state index in [1.807, 2.05) is 0 Å². The first-order chi connectivity index (χ1) is 8.83. The molecule has 0 spiro atoms. The Morgan fingerprint density at radius 2 is 2.11 bits per heavy atom. The van der Waals surface area contributed by atoms with Gasteiger partial charge in [0.1, 0.15) is 0 Å². The summed E-state index contributed by atoms with van der Waals surface area (Å²) in [5.74, 6) is 0.730. The van der Waals surface area contributed by atoms with Crippen LogP contribution in [0.3, 0.4) is 0 Å². The predicted octanol–water partition coefficient (Wildman–Crippen LogP) is 3.21. The minimum absolute atomic E-state index is 0.232. The van der Waals surface area contributed by atoms with E-state index in [2.05, 4.69) is 36.5 Å². The van der Waals surface area contributed by atoms with Gasteiger partial charge in [-0.1, -0.05) is 42.7 Å². The van der Waals surface area contributed by atoms with Crippen molar-refractivity contribution in [2.45, 2.75) is 44.8 Å².